The summed E-state index contributed by atoms with van der Waals surface area (Å²) in [5.41, 5.74) is 1.72. The van der Waals surface area contributed by atoms with E-state index in [0.717, 1.165) is 17.0 Å². The van der Waals surface area contributed by atoms with Crippen LogP contribution in [0.25, 0.3) is 11.3 Å². The maximum absolute atomic E-state index is 11.5. The van der Waals surface area contributed by atoms with Gasteiger partial charge in [-0.3, -0.25) is 4.57 Å². The van der Waals surface area contributed by atoms with Gasteiger partial charge < -0.3 is 9.47 Å². The second kappa shape index (κ2) is 4.74. The van der Waals surface area contributed by atoms with Gasteiger partial charge in [0.05, 0.1) is 19.9 Å². The van der Waals surface area contributed by atoms with Gasteiger partial charge >= 0.3 is 6.09 Å². The summed E-state index contributed by atoms with van der Waals surface area (Å²) in [7, 11) is 2.98. The average molecular weight is 231 g/mol. The van der Waals surface area contributed by atoms with Gasteiger partial charge in [-0.05, 0) is 42.0 Å². The van der Waals surface area contributed by atoms with Crippen LogP contribution in [-0.4, -0.2) is 24.9 Å². The molecule has 0 spiro atoms. The lowest BCUT2D eigenvalue weighted by Crippen LogP contribution is -2.11. The zero-order chi connectivity index (χ0) is 12.3. The fraction of sp³-hybridized carbons (Fsp3) is 0.154. The van der Waals surface area contributed by atoms with Crippen molar-refractivity contribution in [1.29, 1.82) is 0 Å². The van der Waals surface area contributed by atoms with Crippen molar-refractivity contribution < 1.29 is 14.3 Å². The van der Waals surface area contributed by atoms with Crippen LogP contribution >= 0.6 is 0 Å². The van der Waals surface area contributed by atoms with E-state index in [-0.39, 0.29) is 0 Å². The largest absolute Gasteiger partial charge is 0.497 e. The Morgan fingerprint density at radius 3 is 2.41 bits per heavy atom. The number of ether oxygens (including phenoxy) is 2. The van der Waals surface area contributed by atoms with Gasteiger partial charge in [0.25, 0.3) is 0 Å². The van der Waals surface area contributed by atoms with Crippen molar-refractivity contribution in [2.24, 2.45) is 0 Å². The van der Waals surface area contributed by atoms with Gasteiger partial charge in [-0.2, -0.15) is 0 Å². The van der Waals surface area contributed by atoms with Crippen molar-refractivity contribution >= 4 is 6.09 Å². The molecule has 0 aliphatic rings. The van der Waals surface area contributed by atoms with Crippen molar-refractivity contribution in [2.75, 3.05) is 14.2 Å². The highest BCUT2D eigenvalue weighted by atomic mass is 16.5. The molecule has 4 nitrogen and oxygen atoms in total. The van der Waals surface area contributed by atoms with Crippen molar-refractivity contribution in [3.63, 3.8) is 0 Å². The summed E-state index contributed by atoms with van der Waals surface area (Å²) in [6.07, 6.45) is 1.27. The number of rotatable bonds is 2. The minimum atomic E-state index is -0.402. The van der Waals surface area contributed by atoms with E-state index in [4.69, 9.17) is 9.47 Å². The molecule has 0 atom stereocenters. The van der Waals surface area contributed by atoms with Crippen LogP contribution in [0.15, 0.2) is 42.6 Å². The lowest BCUT2D eigenvalue weighted by Gasteiger charge is -2.07. The van der Waals surface area contributed by atoms with Crippen LogP contribution < -0.4 is 4.74 Å². The Morgan fingerprint density at radius 1 is 1.12 bits per heavy atom. The van der Waals surface area contributed by atoms with Crippen LogP contribution in [0.1, 0.15) is 0 Å². The highest BCUT2D eigenvalue weighted by Gasteiger charge is 2.10. The maximum atomic E-state index is 11.5. The number of hydrogen-bond acceptors (Lipinski definition) is 3. The van der Waals surface area contributed by atoms with Gasteiger partial charge in [0, 0.05) is 6.20 Å². The number of carbonyl (C=O) groups is 1. The van der Waals surface area contributed by atoms with Gasteiger partial charge in [-0.15, -0.1) is 0 Å². The second-order valence-corrected chi connectivity index (χ2v) is 3.46. The molecule has 0 saturated heterocycles. The first kappa shape index (κ1) is 11.3. The van der Waals surface area contributed by atoms with Gasteiger partial charge in [0.15, 0.2) is 0 Å². The zero-order valence-electron chi connectivity index (χ0n) is 9.71. The predicted molar refractivity (Wildman–Crippen MR) is 64.2 cm³/mol. The number of methoxy groups -OCH3 is 2. The highest BCUT2D eigenvalue weighted by molar-refractivity contribution is 5.78. The number of aromatic nitrogens is 1. The molecule has 88 valence electrons. The number of hydrogen-bond donors (Lipinski definition) is 0. The molecule has 0 N–H and O–H groups in total. The third kappa shape index (κ3) is 2.15. The predicted octanol–water partition coefficient (Wildman–Crippen LogP) is 2.78. The van der Waals surface area contributed by atoms with Gasteiger partial charge in [-0.25, -0.2) is 4.79 Å². The minimum Gasteiger partial charge on any atom is -0.497 e. The second-order valence-electron chi connectivity index (χ2n) is 3.46. The summed E-state index contributed by atoms with van der Waals surface area (Å²) in [4.78, 5) is 11.5. The number of nitrogens with zero attached hydrogens (tertiary/aromatic N) is 1. The topological polar surface area (TPSA) is 40.5 Å². The quantitative estimate of drug-likeness (QED) is 0.797. The van der Waals surface area contributed by atoms with E-state index >= 15 is 0 Å². The molecule has 2 aromatic rings. The average Bonchev–Trinajstić information content (AvgIpc) is 2.87. The first-order valence-corrected chi connectivity index (χ1v) is 5.16. The molecular formula is C13H13NO3. The molecule has 17 heavy (non-hydrogen) atoms. The highest BCUT2D eigenvalue weighted by Crippen LogP contribution is 2.23. The Kier molecular flexibility index (Phi) is 3.14. The number of carbonyl (C=O) groups excluding carboxylic acids is 1. The molecule has 4 heteroatoms. The third-order valence-corrected chi connectivity index (χ3v) is 2.51. The summed E-state index contributed by atoms with van der Waals surface area (Å²) in [6.45, 7) is 0. The van der Waals surface area contributed by atoms with E-state index in [2.05, 4.69) is 0 Å². The Morgan fingerprint density at radius 2 is 1.82 bits per heavy atom. The van der Waals surface area contributed by atoms with Crippen LogP contribution in [0.2, 0.25) is 0 Å². The van der Waals surface area contributed by atoms with E-state index in [0.29, 0.717) is 0 Å². The fourth-order valence-electron chi connectivity index (χ4n) is 1.64. The maximum Gasteiger partial charge on any atom is 0.418 e. The Labute approximate surface area is 99.4 Å². The van der Waals surface area contributed by atoms with Gasteiger partial charge in [0.1, 0.15) is 5.75 Å². The van der Waals surface area contributed by atoms with Crippen molar-refractivity contribution in [3.8, 4) is 17.0 Å². The summed E-state index contributed by atoms with van der Waals surface area (Å²) in [5, 5.41) is 0. The Bertz CT molecular complexity index is 514. The molecule has 1 aromatic carbocycles. The van der Waals surface area contributed by atoms with Gasteiger partial charge in [0.2, 0.25) is 0 Å². The third-order valence-electron chi connectivity index (χ3n) is 2.51. The van der Waals surface area contributed by atoms with E-state index in [1.165, 1.54) is 11.7 Å². The standard InChI is InChI=1S/C13H13NO3/c1-16-11-7-5-10(6-8-11)12-4-3-9-14(12)13(15)17-2/h3-9H,1-2H3. The summed E-state index contributed by atoms with van der Waals surface area (Å²) in [5.74, 6) is 0.782. The van der Waals surface area contributed by atoms with Crippen LogP contribution in [0.3, 0.4) is 0 Å². The van der Waals surface area contributed by atoms with E-state index < -0.39 is 6.09 Å². The van der Waals surface area contributed by atoms with Crippen LogP contribution in [0, 0.1) is 0 Å². The van der Waals surface area contributed by atoms with Crippen molar-refractivity contribution in [1.82, 2.24) is 4.57 Å². The molecule has 0 amide bonds. The Hall–Kier alpha value is -2.23. The molecule has 1 aromatic heterocycles. The molecule has 0 bridgehead atoms. The van der Waals surface area contributed by atoms with E-state index in [9.17, 15) is 4.79 Å². The van der Waals surface area contributed by atoms with Gasteiger partial charge in [-0.1, -0.05) is 0 Å². The molecule has 2 rings (SSSR count). The molecular weight excluding hydrogens is 218 g/mol. The zero-order valence-corrected chi connectivity index (χ0v) is 9.71. The Balaban J connectivity index is 2.39. The first-order chi connectivity index (χ1) is 8.26. The molecule has 0 saturated carbocycles. The van der Waals surface area contributed by atoms with Crippen molar-refractivity contribution in [3.05, 3.63) is 42.6 Å². The smallest absolute Gasteiger partial charge is 0.418 e. The molecule has 0 radical (unpaired) electrons. The lowest BCUT2D eigenvalue weighted by atomic mass is 10.1. The monoisotopic (exact) mass is 231 g/mol. The van der Waals surface area contributed by atoms with Crippen LogP contribution in [-0.2, 0) is 4.74 Å². The first-order valence-electron chi connectivity index (χ1n) is 5.16. The molecule has 0 unspecified atom stereocenters. The molecule has 0 aliphatic heterocycles. The van der Waals surface area contributed by atoms with E-state index in [1.807, 2.05) is 30.3 Å². The number of benzene rings is 1. The van der Waals surface area contributed by atoms with Crippen LogP contribution in [0.5, 0.6) is 5.75 Å². The molecule has 0 fully saturated rings. The lowest BCUT2D eigenvalue weighted by molar-refractivity contribution is 0.173. The summed E-state index contributed by atoms with van der Waals surface area (Å²) < 4.78 is 11.2. The summed E-state index contributed by atoms with van der Waals surface area (Å²) >= 11 is 0. The normalized spacial score (nSPS) is 10.0. The minimum absolute atomic E-state index is 0.402. The SMILES string of the molecule is COC(=O)n1cccc1-c1ccc(OC)cc1. The molecule has 0 aliphatic carbocycles. The van der Waals surface area contributed by atoms with Crippen molar-refractivity contribution in [2.45, 2.75) is 0 Å². The van der Waals surface area contributed by atoms with E-state index in [1.54, 1.807) is 19.4 Å². The fourth-order valence-corrected chi connectivity index (χ4v) is 1.64. The summed E-state index contributed by atoms with van der Waals surface area (Å²) in [6, 6.07) is 11.2. The molecule has 1 heterocycles. The van der Waals surface area contributed by atoms with Crippen LogP contribution in [0.4, 0.5) is 4.79 Å².